The molecule has 0 aliphatic rings. The number of nitrogens with two attached hydrogens (primary N) is 1. The van der Waals surface area contributed by atoms with Crippen molar-refractivity contribution in [3.8, 4) is 0 Å². The molecule has 0 unspecified atom stereocenters. The smallest absolute Gasteiger partial charge is 0.203 e. The van der Waals surface area contributed by atoms with Gasteiger partial charge in [0, 0.05) is 23.5 Å². The van der Waals surface area contributed by atoms with Crippen molar-refractivity contribution in [3.05, 3.63) is 0 Å². The van der Waals surface area contributed by atoms with Crippen LogP contribution in [0.3, 0.4) is 0 Å². The predicted molar refractivity (Wildman–Crippen MR) is 52.3 cm³/mol. The third-order valence-corrected chi connectivity index (χ3v) is 3.57. The monoisotopic (exact) mass is 241 g/mol. The molecule has 0 fully saturated rings. The first-order chi connectivity index (χ1) is 6.33. The highest BCUT2D eigenvalue weighted by atomic mass is 32.2. The first kappa shape index (κ1) is 11.0. The molecule has 0 saturated heterocycles. The number of nitrogen functional groups attached to an aromatic ring is 1. The summed E-state index contributed by atoms with van der Waals surface area (Å²) < 4.78 is 5.00. The Morgan fingerprint density at radius 2 is 2.31 bits per heavy atom. The molecule has 0 saturated carbocycles. The summed E-state index contributed by atoms with van der Waals surface area (Å²) in [6.45, 7) is 0. The van der Waals surface area contributed by atoms with Gasteiger partial charge < -0.3 is 5.73 Å². The zero-order valence-electron chi connectivity index (χ0n) is 6.37. The minimum absolute atomic E-state index is 0.463. The summed E-state index contributed by atoms with van der Waals surface area (Å²) in [6.07, 6.45) is 0. The molecule has 6 nitrogen and oxygen atoms in total. The fraction of sp³-hybridized carbons (Fsp3) is 0.500. The SMILES string of the molecule is Nc1nnc(SCCSOOO)s1. The van der Waals surface area contributed by atoms with Gasteiger partial charge in [-0.1, -0.05) is 28.1 Å². The van der Waals surface area contributed by atoms with Gasteiger partial charge in [0.05, 0.1) is 0 Å². The lowest BCUT2D eigenvalue weighted by Crippen LogP contribution is -1.86. The van der Waals surface area contributed by atoms with E-state index in [9.17, 15) is 0 Å². The molecule has 0 bridgehead atoms. The van der Waals surface area contributed by atoms with Crippen LogP contribution in [0.1, 0.15) is 0 Å². The summed E-state index contributed by atoms with van der Waals surface area (Å²) in [5.74, 6) is 1.45. The van der Waals surface area contributed by atoms with Crippen molar-refractivity contribution >= 4 is 40.3 Å². The second-order valence-electron chi connectivity index (χ2n) is 1.72. The molecule has 1 heterocycles. The van der Waals surface area contributed by atoms with Crippen LogP contribution in [-0.2, 0) is 9.37 Å². The van der Waals surface area contributed by atoms with Crippen LogP contribution in [0.25, 0.3) is 0 Å². The Labute approximate surface area is 86.9 Å². The average Bonchev–Trinajstić information content (AvgIpc) is 2.51. The summed E-state index contributed by atoms with van der Waals surface area (Å²) in [6, 6.07) is 0. The van der Waals surface area contributed by atoms with Crippen LogP contribution < -0.4 is 5.73 Å². The highest BCUT2D eigenvalue weighted by Crippen LogP contribution is 2.24. The van der Waals surface area contributed by atoms with E-state index < -0.39 is 0 Å². The van der Waals surface area contributed by atoms with Crippen molar-refractivity contribution < 1.29 is 14.6 Å². The Morgan fingerprint density at radius 1 is 1.46 bits per heavy atom. The van der Waals surface area contributed by atoms with E-state index in [4.69, 9.17) is 11.0 Å². The van der Waals surface area contributed by atoms with E-state index >= 15 is 0 Å². The van der Waals surface area contributed by atoms with Crippen LogP contribution in [0, 0.1) is 0 Å². The minimum atomic E-state index is 0.463. The second kappa shape index (κ2) is 6.40. The molecule has 1 rings (SSSR count). The molecular formula is C4H7N3O3S3. The quantitative estimate of drug-likeness (QED) is 0.253. The van der Waals surface area contributed by atoms with Gasteiger partial charge >= 0.3 is 0 Å². The molecule has 0 spiro atoms. The molecular weight excluding hydrogens is 234 g/mol. The largest absolute Gasteiger partial charge is 0.374 e. The van der Waals surface area contributed by atoms with Crippen LogP contribution in [-0.4, -0.2) is 27.0 Å². The van der Waals surface area contributed by atoms with Gasteiger partial charge in [-0.25, -0.2) is 5.26 Å². The fourth-order valence-corrected chi connectivity index (χ4v) is 2.57. The van der Waals surface area contributed by atoms with Crippen LogP contribution in [0.4, 0.5) is 5.13 Å². The molecule has 0 amide bonds. The number of hydrogen-bond acceptors (Lipinski definition) is 9. The number of hydrogen-bond donors (Lipinski definition) is 2. The molecule has 0 radical (unpaired) electrons. The Hall–Kier alpha value is -0.0600. The van der Waals surface area contributed by atoms with E-state index in [1.807, 2.05) is 0 Å². The van der Waals surface area contributed by atoms with Crippen LogP contribution in [0.15, 0.2) is 4.34 Å². The fourth-order valence-electron chi connectivity index (χ4n) is 0.497. The van der Waals surface area contributed by atoms with Gasteiger partial charge in [0.2, 0.25) is 5.13 Å². The van der Waals surface area contributed by atoms with Crippen LogP contribution >= 0.6 is 35.1 Å². The van der Waals surface area contributed by atoms with Gasteiger partial charge in [0.15, 0.2) is 4.34 Å². The molecule has 3 N–H and O–H groups in total. The van der Waals surface area contributed by atoms with Gasteiger partial charge in [-0.05, 0) is 0 Å². The standard InChI is InChI=1S/C4H7N3O3S3/c5-3-6-7-4(13-3)11-1-2-12-10-9-8/h8H,1-2H2,(H2,5,6). The maximum atomic E-state index is 7.80. The number of nitrogens with zero attached hydrogens (tertiary/aromatic N) is 2. The predicted octanol–water partition coefficient (Wildman–Crippen LogP) is 1.28. The highest BCUT2D eigenvalue weighted by Gasteiger charge is 2.01. The van der Waals surface area contributed by atoms with Crippen molar-refractivity contribution in [2.45, 2.75) is 4.34 Å². The summed E-state index contributed by atoms with van der Waals surface area (Å²) in [4.78, 5) is 0. The van der Waals surface area contributed by atoms with Gasteiger partial charge in [0.25, 0.3) is 0 Å². The third kappa shape index (κ3) is 4.64. The van der Waals surface area contributed by atoms with Crippen molar-refractivity contribution in [3.63, 3.8) is 0 Å². The lowest BCUT2D eigenvalue weighted by molar-refractivity contribution is -0.432. The van der Waals surface area contributed by atoms with E-state index in [2.05, 4.69) is 19.6 Å². The van der Waals surface area contributed by atoms with Gasteiger partial charge in [-0.2, -0.15) is 0 Å². The Morgan fingerprint density at radius 3 is 2.92 bits per heavy atom. The maximum absolute atomic E-state index is 7.80. The molecule has 0 aliphatic carbocycles. The number of anilines is 1. The van der Waals surface area contributed by atoms with Crippen molar-refractivity contribution in [1.82, 2.24) is 10.2 Å². The second-order valence-corrected chi connectivity index (χ2v) is 4.85. The molecule has 13 heavy (non-hydrogen) atoms. The lowest BCUT2D eigenvalue weighted by atomic mass is 11.0. The molecule has 0 aromatic carbocycles. The topological polar surface area (TPSA) is 90.5 Å². The van der Waals surface area contributed by atoms with Crippen LogP contribution in [0.2, 0.25) is 0 Å². The summed E-state index contributed by atoms with van der Waals surface area (Å²) >= 11 is 3.87. The minimum Gasteiger partial charge on any atom is -0.374 e. The van der Waals surface area contributed by atoms with E-state index in [1.165, 1.54) is 23.1 Å². The number of aromatic nitrogens is 2. The van der Waals surface area contributed by atoms with E-state index in [0.717, 1.165) is 22.1 Å². The van der Waals surface area contributed by atoms with E-state index in [0.29, 0.717) is 10.9 Å². The summed E-state index contributed by atoms with van der Waals surface area (Å²) in [7, 11) is 0. The molecule has 74 valence electrons. The summed E-state index contributed by atoms with van der Waals surface area (Å²) in [5.41, 5.74) is 5.38. The van der Waals surface area contributed by atoms with Crippen molar-refractivity contribution in [1.29, 1.82) is 0 Å². The highest BCUT2D eigenvalue weighted by molar-refractivity contribution is 8.02. The van der Waals surface area contributed by atoms with E-state index in [-0.39, 0.29) is 0 Å². The zero-order chi connectivity index (χ0) is 9.52. The van der Waals surface area contributed by atoms with Gasteiger partial charge in [-0.15, -0.1) is 14.5 Å². The molecule has 0 aliphatic heterocycles. The average molecular weight is 241 g/mol. The Bertz CT molecular complexity index is 246. The Balaban J connectivity index is 2.06. The van der Waals surface area contributed by atoms with Crippen molar-refractivity contribution in [2.75, 3.05) is 17.2 Å². The first-order valence-corrected chi connectivity index (χ1v) is 5.85. The number of rotatable bonds is 6. The lowest BCUT2D eigenvalue weighted by Gasteiger charge is -1.94. The summed E-state index contributed by atoms with van der Waals surface area (Å²) in [5, 5.41) is 19.1. The molecule has 1 aromatic heterocycles. The molecule has 1 aromatic rings. The first-order valence-electron chi connectivity index (χ1n) is 3.14. The van der Waals surface area contributed by atoms with Crippen molar-refractivity contribution in [2.24, 2.45) is 0 Å². The zero-order valence-corrected chi connectivity index (χ0v) is 8.82. The van der Waals surface area contributed by atoms with Crippen LogP contribution in [0.5, 0.6) is 0 Å². The van der Waals surface area contributed by atoms with Gasteiger partial charge in [-0.3, -0.25) is 0 Å². The van der Waals surface area contributed by atoms with Gasteiger partial charge in [0.1, 0.15) is 0 Å². The van der Waals surface area contributed by atoms with E-state index in [1.54, 1.807) is 0 Å². The number of thioether (sulfide) groups is 1. The maximum Gasteiger partial charge on any atom is 0.203 e. The Kier molecular flexibility index (Phi) is 5.43. The third-order valence-electron chi connectivity index (χ3n) is 0.893. The molecule has 9 heteroatoms. The molecule has 0 atom stereocenters. The normalized spacial score (nSPS) is 10.5.